The molecule has 2 atom stereocenters. The minimum atomic E-state index is -0.774. The molecule has 2 amide bonds. The molecule has 0 radical (unpaired) electrons. The van der Waals surface area contributed by atoms with Gasteiger partial charge in [-0.15, -0.1) is 0 Å². The second-order valence-corrected chi connectivity index (χ2v) is 5.41. The third-order valence-electron chi connectivity index (χ3n) is 3.84. The Bertz CT molecular complexity index is 508. The average molecular weight is 276 g/mol. The van der Waals surface area contributed by atoms with Crippen molar-refractivity contribution in [1.82, 2.24) is 5.32 Å². The Balaban J connectivity index is 1.92. The van der Waals surface area contributed by atoms with E-state index in [2.05, 4.69) is 10.6 Å². The minimum absolute atomic E-state index is 0.0552. The molecule has 2 rings (SSSR count). The first kappa shape index (κ1) is 14.4. The molecule has 1 aromatic rings. The van der Waals surface area contributed by atoms with Crippen LogP contribution in [0.5, 0.6) is 0 Å². The molecular weight excluding hydrogens is 256 g/mol. The molecule has 1 aromatic carbocycles. The number of amides is 2. The van der Waals surface area contributed by atoms with Gasteiger partial charge in [0.25, 0.3) is 0 Å². The highest BCUT2D eigenvalue weighted by atomic mass is 16.4. The van der Waals surface area contributed by atoms with Gasteiger partial charge in [0.1, 0.15) is 0 Å². The molecule has 108 valence electrons. The van der Waals surface area contributed by atoms with Crippen molar-refractivity contribution in [2.75, 3.05) is 5.32 Å². The number of carboxylic acid groups (broad SMARTS) is 1. The number of urea groups is 1. The molecule has 0 spiro atoms. The van der Waals surface area contributed by atoms with Gasteiger partial charge in [-0.05, 0) is 44.2 Å². The second-order valence-electron chi connectivity index (χ2n) is 5.41. The fraction of sp³-hybridized carbons (Fsp3) is 0.467. The van der Waals surface area contributed by atoms with Crippen LogP contribution >= 0.6 is 0 Å². The zero-order chi connectivity index (χ0) is 14.7. The molecule has 0 aliphatic heterocycles. The molecule has 1 aliphatic carbocycles. The van der Waals surface area contributed by atoms with E-state index in [0.29, 0.717) is 12.8 Å². The first-order chi connectivity index (χ1) is 9.47. The SMILES string of the molecule is Cc1cccc(C)c1NC(=O)NC1CCC(C(=O)O)C1. The number of anilines is 1. The van der Waals surface area contributed by atoms with Gasteiger partial charge in [-0.3, -0.25) is 4.79 Å². The van der Waals surface area contributed by atoms with Crippen LogP contribution in [0.25, 0.3) is 0 Å². The number of hydrogen-bond acceptors (Lipinski definition) is 2. The predicted molar refractivity (Wildman–Crippen MR) is 76.8 cm³/mol. The molecular formula is C15H20N2O3. The number of para-hydroxylation sites is 1. The summed E-state index contributed by atoms with van der Waals surface area (Å²) in [4.78, 5) is 22.9. The van der Waals surface area contributed by atoms with Crippen LogP contribution in [0.15, 0.2) is 18.2 Å². The van der Waals surface area contributed by atoms with Crippen molar-refractivity contribution >= 4 is 17.7 Å². The Morgan fingerprint density at radius 2 is 1.85 bits per heavy atom. The lowest BCUT2D eigenvalue weighted by atomic mass is 10.1. The number of aliphatic carboxylic acids is 1. The van der Waals surface area contributed by atoms with E-state index in [1.54, 1.807) is 0 Å². The summed E-state index contributed by atoms with van der Waals surface area (Å²) in [6.07, 6.45) is 1.86. The predicted octanol–water partition coefficient (Wildman–Crippen LogP) is 2.68. The first-order valence-corrected chi connectivity index (χ1v) is 6.84. The molecule has 5 nitrogen and oxygen atoms in total. The van der Waals surface area contributed by atoms with Gasteiger partial charge in [0.2, 0.25) is 0 Å². The molecule has 1 aliphatic rings. The van der Waals surface area contributed by atoms with Crippen molar-refractivity contribution in [3.63, 3.8) is 0 Å². The lowest BCUT2D eigenvalue weighted by Gasteiger charge is -2.16. The summed E-state index contributed by atoms with van der Waals surface area (Å²) >= 11 is 0. The standard InChI is InChI=1S/C15H20N2O3/c1-9-4-3-5-10(2)13(9)17-15(20)16-12-7-6-11(8-12)14(18)19/h3-5,11-12H,6-8H2,1-2H3,(H,18,19)(H2,16,17,20). The largest absolute Gasteiger partial charge is 0.481 e. The number of hydrogen-bond donors (Lipinski definition) is 3. The van der Waals surface area contributed by atoms with Crippen LogP contribution in [0.4, 0.5) is 10.5 Å². The molecule has 1 saturated carbocycles. The lowest BCUT2D eigenvalue weighted by Crippen LogP contribution is -2.37. The average Bonchev–Trinajstić information content (AvgIpc) is 2.82. The lowest BCUT2D eigenvalue weighted by molar-refractivity contribution is -0.141. The number of carbonyl (C=O) groups excluding carboxylic acids is 1. The van der Waals surface area contributed by atoms with Crippen molar-refractivity contribution in [3.05, 3.63) is 29.3 Å². The van der Waals surface area contributed by atoms with Crippen LogP contribution in [0.2, 0.25) is 0 Å². The number of carbonyl (C=O) groups is 2. The molecule has 2 unspecified atom stereocenters. The van der Waals surface area contributed by atoms with Crippen molar-refractivity contribution < 1.29 is 14.7 Å². The van der Waals surface area contributed by atoms with Gasteiger partial charge in [0, 0.05) is 11.7 Å². The third kappa shape index (κ3) is 3.29. The summed E-state index contributed by atoms with van der Waals surface area (Å²) in [6, 6.07) is 5.51. The fourth-order valence-corrected chi connectivity index (χ4v) is 2.68. The van der Waals surface area contributed by atoms with Gasteiger partial charge < -0.3 is 15.7 Å². The Morgan fingerprint density at radius 3 is 2.40 bits per heavy atom. The number of aryl methyl sites for hydroxylation is 2. The Morgan fingerprint density at radius 1 is 1.20 bits per heavy atom. The van der Waals surface area contributed by atoms with Crippen molar-refractivity contribution in [1.29, 1.82) is 0 Å². The van der Waals surface area contributed by atoms with Gasteiger partial charge in [0.15, 0.2) is 0 Å². The first-order valence-electron chi connectivity index (χ1n) is 6.84. The maximum absolute atomic E-state index is 12.0. The van der Waals surface area contributed by atoms with Crippen LogP contribution in [-0.4, -0.2) is 23.1 Å². The summed E-state index contributed by atoms with van der Waals surface area (Å²) in [5, 5.41) is 14.7. The maximum Gasteiger partial charge on any atom is 0.319 e. The molecule has 0 aromatic heterocycles. The van der Waals surface area contributed by atoms with Crippen molar-refractivity contribution in [2.45, 2.75) is 39.2 Å². The highest BCUT2D eigenvalue weighted by molar-refractivity contribution is 5.91. The summed E-state index contributed by atoms with van der Waals surface area (Å²) in [5.74, 6) is -1.11. The quantitative estimate of drug-likeness (QED) is 0.794. The van der Waals surface area contributed by atoms with Crippen LogP contribution < -0.4 is 10.6 Å². The zero-order valence-electron chi connectivity index (χ0n) is 11.8. The Hall–Kier alpha value is -2.04. The number of carboxylic acids is 1. The van der Waals surface area contributed by atoms with Gasteiger partial charge in [0.05, 0.1) is 5.92 Å². The van der Waals surface area contributed by atoms with E-state index < -0.39 is 5.97 Å². The van der Waals surface area contributed by atoms with Crippen LogP contribution in [-0.2, 0) is 4.79 Å². The summed E-state index contributed by atoms with van der Waals surface area (Å²) in [5.41, 5.74) is 2.84. The van der Waals surface area contributed by atoms with E-state index in [4.69, 9.17) is 5.11 Å². The molecule has 0 heterocycles. The van der Waals surface area contributed by atoms with E-state index in [1.165, 1.54) is 0 Å². The summed E-state index contributed by atoms with van der Waals surface area (Å²) in [7, 11) is 0. The van der Waals surface area contributed by atoms with Crippen LogP contribution in [0.3, 0.4) is 0 Å². The van der Waals surface area contributed by atoms with Gasteiger partial charge in [-0.2, -0.15) is 0 Å². The smallest absolute Gasteiger partial charge is 0.319 e. The number of rotatable bonds is 3. The van der Waals surface area contributed by atoms with E-state index in [0.717, 1.165) is 23.2 Å². The van der Waals surface area contributed by atoms with E-state index in [-0.39, 0.29) is 18.0 Å². The maximum atomic E-state index is 12.0. The Labute approximate surface area is 118 Å². The number of benzene rings is 1. The number of nitrogens with one attached hydrogen (secondary N) is 2. The van der Waals surface area contributed by atoms with E-state index >= 15 is 0 Å². The zero-order valence-corrected chi connectivity index (χ0v) is 11.8. The van der Waals surface area contributed by atoms with Crippen LogP contribution in [0.1, 0.15) is 30.4 Å². The topological polar surface area (TPSA) is 78.4 Å². The monoisotopic (exact) mass is 276 g/mol. The molecule has 0 bridgehead atoms. The molecule has 5 heteroatoms. The van der Waals surface area contributed by atoms with Gasteiger partial charge >= 0.3 is 12.0 Å². The second kappa shape index (κ2) is 5.94. The van der Waals surface area contributed by atoms with Crippen molar-refractivity contribution in [2.24, 2.45) is 5.92 Å². The highest BCUT2D eigenvalue weighted by Gasteiger charge is 2.30. The third-order valence-corrected chi connectivity index (χ3v) is 3.84. The normalized spacial score (nSPS) is 21.5. The molecule has 20 heavy (non-hydrogen) atoms. The molecule has 1 fully saturated rings. The fourth-order valence-electron chi connectivity index (χ4n) is 2.68. The summed E-state index contributed by atoms with van der Waals surface area (Å²) in [6.45, 7) is 3.89. The molecule has 0 saturated heterocycles. The summed E-state index contributed by atoms with van der Waals surface area (Å²) < 4.78 is 0. The molecule has 3 N–H and O–H groups in total. The van der Waals surface area contributed by atoms with E-state index in [1.807, 2.05) is 32.0 Å². The van der Waals surface area contributed by atoms with Gasteiger partial charge in [-0.1, -0.05) is 18.2 Å². The minimum Gasteiger partial charge on any atom is -0.481 e. The van der Waals surface area contributed by atoms with Gasteiger partial charge in [-0.25, -0.2) is 4.79 Å². The van der Waals surface area contributed by atoms with Crippen LogP contribution in [0, 0.1) is 19.8 Å². The Kier molecular flexibility index (Phi) is 4.27. The highest BCUT2D eigenvalue weighted by Crippen LogP contribution is 2.26. The van der Waals surface area contributed by atoms with E-state index in [9.17, 15) is 9.59 Å². The van der Waals surface area contributed by atoms with Crippen molar-refractivity contribution in [3.8, 4) is 0 Å².